The zero-order valence-corrected chi connectivity index (χ0v) is 10.5. The molecule has 0 heteroatoms. The van der Waals surface area contributed by atoms with Crippen molar-refractivity contribution in [3.8, 4) is 0 Å². The largest absolute Gasteiger partial charge is 0.103 e. The van der Waals surface area contributed by atoms with Crippen molar-refractivity contribution in [2.24, 2.45) is 29.1 Å². The summed E-state index contributed by atoms with van der Waals surface area (Å²) in [6, 6.07) is 0. The molecule has 1 fully saturated rings. The standard InChI is InChI=1S/C14H26/c1-7-10(3)14(5,6)9-13-11(4)12(13)8-2/h7,10-13H,1,8-9H2,2-6H3. The van der Waals surface area contributed by atoms with Gasteiger partial charge < -0.3 is 0 Å². The third kappa shape index (κ3) is 2.21. The monoisotopic (exact) mass is 194 g/mol. The van der Waals surface area contributed by atoms with Crippen molar-refractivity contribution in [3.63, 3.8) is 0 Å². The van der Waals surface area contributed by atoms with Gasteiger partial charge in [-0.2, -0.15) is 0 Å². The molecule has 0 N–H and O–H groups in total. The highest BCUT2D eigenvalue weighted by molar-refractivity contribution is 4.98. The van der Waals surface area contributed by atoms with Crippen molar-refractivity contribution in [1.29, 1.82) is 0 Å². The molecule has 0 aromatic carbocycles. The first-order valence-corrected chi connectivity index (χ1v) is 6.06. The molecule has 0 radical (unpaired) electrons. The number of allylic oxidation sites excluding steroid dienone is 1. The molecule has 4 unspecified atom stereocenters. The van der Waals surface area contributed by atoms with E-state index >= 15 is 0 Å². The van der Waals surface area contributed by atoms with Gasteiger partial charge in [-0.1, -0.05) is 47.1 Å². The van der Waals surface area contributed by atoms with E-state index in [1.54, 1.807) is 0 Å². The first-order chi connectivity index (χ1) is 6.44. The summed E-state index contributed by atoms with van der Waals surface area (Å²) in [5.41, 5.74) is 0.435. The molecular formula is C14H26. The van der Waals surface area contributed by atoms with Gasteiger partial charge in [-0.25, -0.2) is 0 Å². The van der Waals surface area contributed by atoms with Crippen LogP contribution < -0.4 is 0 Å². The highest BCUT2D eigenvalue weighted by Gasteiger charge is 2.47. The highest BCUT2D eigenvalue weighted by Crippen LogP contribution is 2.54. The predicted molar refractivity (Wildman–Crippen MR) is 64.2 cm³/mol. The van der Waals surface area contributed by atoms with Gasteiger partial charge in [0.1, 0.15) is 0 Å². The van der Waals surface area contributed by atoms with Crippen molar-refractivity contribution < 1.29 is 0 Å². The molecule has 0 amide bonds. The van der Waals surface area contributed by atoms with Crippen LogP contribution in [0.5, 0.6) is 0 Å². The summed E-state index contributed by atoms with van der Waals surface area (Å²) in [7, 11) is 0. The fraction of sp³-hybridized carbons (Fsp3) is 0.857. The minimum Gasteiger partial charge on any atom is -0.103 e. The van der Waals surface area contributed by atoms with Crippen LogP contribution in [0.3, 0.4) is 0 Å². The van der Waals surface area contributed by atoms with E-state index in [2.05, 4.69) is 47.3 Å². The summed E-state index contributed by atoms with van der Waals surface area (Å²) in [5.74, 6) is 3.59. The van der Waals surface area contributed by atoms with Crippen LogP contribution in [0.4, 0.5) is 0 Å². The second-order valence-corrected chi connectivity index (χ2v) is 5.81. The first kappa shape index (κ1) is 11.8. The summed E-state index contributed by atoms with van der Waals surface area (Å²) < 4.78 is 0. The van der Waals surface area contributed by atoms with Crippen LogP contribution in [0.15, 0.2) is 12.7 Å². The van der Waals surface area contributed by atoms with Crippen LogP contribution in [0.25, 0.3) is 0 Å². The molecule has 0 bridgehead atoms. The number of rotatable bonds is 5. The highest BCUT2D eigenvalue weighted by atomic mass is 14.5. The molecule has 0 aliphatic heterocycles. The fourth-order valence-corrected chi connectivity index (χ4v) is 2.76. The second kappa shape index (κ2) is 4.08. The molecular weight excluding hydrogens is 168 g/mol. The quantitative estimate of drug-likeness (QED) is 0.565. The Morgan fingerprint density at radius 3 is 2.29 bits per heavy atom. The van der Waals surface area contributed by atoms with E-state index in [1.165, 1.54) is 12.8 Å². The summed E-state index contributed by atoms with van der Waals surface area (Å²) in [6.07, 6.45) is 4.85. The van der Waals surface area contributed by atoms with Crippen LogP contribution in [0.2, 0.25) is 0 Å². The van der Waals surface area contributed by atoms with Gasteiger partial charge in [-0.15, -0.1) is 6.58 Å². The van der Waals surface area contributed by atoms with Crippen LogP contribution >= 0.6 is 0 Å². The van der Waals surface area contributed by atoms with Crippen molar-refractivity contribution in [2.45, 2.75) is 47.5 Å². The predicted octanol–water partition coefficient (Wildman–Crippen LogP) is 4.52. The van der Waals surface area contributed by atoms with E-state index in [4.69, 9.17) is 0 Å². The molecule has 0 aromatic heterocycles. The Kier molecular flexibility index (Phi) is 3.44. The summed E-state index contributed by atoms with van der Waals surface area (Å²) in [5, 5.41) is 0. The second-order valence-electron chi connectivity index (χ2n) is 5.81. The maximum absolute atomic E-state index is 3.91. The lowest BCUT2D eigenvalue weighted by Crippen LogP contribution is -2.21. The van der Waals surface area contributed by atoms with E-state index in [1.807, 2.05) is 0 Å². The Morgan fingerprint density at radius 1 is 1.36 bits per heavy atom. The first-order valence-electron chi connectivity index (χ1n) is 6.06. The Labute approximate surface area is 89.8 Å². The van der Waals surface area contributed by atoms with E-state index < -0.39 is 0 Å². The van der Waals surface area contributed by atoms with Gasteiger partial charge in [0.05, 0.1) is 0 Å². The van der Waals surface area contributed by atoms with Gasteiger partial charge in [0, 0.05) is 0 Å². The maximum Gasteiger partial charge on any atom is -0.0213 e. The lowest BCUT2D eigenvalue weighted by Gasteiger charge is -2.30. The van der Waals surface area contributed by atoms with Gasteiger partial charge in [0.2, 0.25) is 0 Å². The molecule has 1 aliphatic carbocycles. The molecule has 0 saturated heterocycles. The molecule has 0 nitrogen and oxygen atoms in total. The Hall–Kier alpha value is -0.260. The summed E-state index contributed by atoms with van der Waals surface area (Å²) in [4.78, 5) is 0. The van der Waals surface area contributed by atoms with Gasteiger partial charge >= 0.3 is 0 Å². The zero-order chi connectivity index (χ0) is 10.9. The van der Waals surface area contributed by atoms with Crippen LogP contribution in [0, 0.1) is 29.1 Å². The molecule has 1 saturated carbocycles. The number of hydrogen-bond acceptors (Lipinski definition) is 0. The molecule has 0 spiro atoms. The Balaban J connectivity index is 2.48. The van der Waals surface area contributed by atoms with E-state index in [0.29, 0.717) is 11.3 Å². The molecule has 1 aliphatic rings. The third-order valence-electron chi connectivity index (χ3n) is 4.58. The lowest BCUT2D eigenvalue weighted by molar-refractivity contribution is 0.232. The van der Waals surface area contributed by atoms with Crippen LogP contribution in [0.1, 0.15) is 47.5 Å². The van der Waals surface area contributed by atoms with Gasteiger partial charge in [-0.05, 0) is 35.5 Å². The lowest BCUT2D eigenvalue weighted by atomic mass is 9.75. The minimum atomic E-state index is 0.435. The van der Waals surface area contributed by atoms with E-state index in [9.17, 15) is 0 Å². The van der Waals surface area contributed by atoms with Crippen LogP contribution in [-0.2, 0) is 0 Å². The number of hydrogen-bond donors (Lipinski definition) is 0. The van der Waals surface area contributed by atoms with E-state index in [-0.39, 0.29) is 0 Å². The van der Waals surface area contributed by atoms with Crippen molar-refractivity contribution in [3.05, 3.63) is 12.7 Å². The SMILES string of the molecule is C=CC(C)C(C)(C)CC1C(C)C1CC. The molecule has 14 heavy (non-hydrogen) atoms. The minimum absolute atomic E-state index is 0.435. The molecule has 0 aromatic rings. The Bertz CT molecular complexity index is 202. The molecule has 82 valence electrons. The summed E-state index contributed by atoms with van der Waals surface area (Å²) in [6.45, 7) is 15.7. The summed E-state index contributed by atoms with van der Waals surface area (Å²) >= 11 is 0. The van der Waals surface area contributed by atoms with Crippen molar-refractivity contribution in [1.82, 2.24) is 0 Å². The normalized spacial score (nSPS) is 33.9. The topological polar surface area (TPSA) is 0 Å². The zero-order valence-electron chi connectivity index (χ0n) is 10.5. The third-order valence-corrected chi connectivity index (χ3v) is 4.58. The average molecular weight is 194 g/mol. The van der Waals surface area contributed by atoms with Gasteiger partial charge in [0.15, 0.2) is 0 Å². The van der Waals surface area contributed by atoms with Crippen molar-refractivity contribution in [2.75, 3.05) is 0 Å². The van der Waals surface area contributed by atoms with E-state index in [0.717, 1.165) is 17.8 Å². The van der Waals surface area contributed by atoms with Gasteiger partial charge in [-0.3, -0.25) is 0 Å². The fourth-order valence-electron chi connectivity index (χ4n) is 2.76. The molecule has 1 rings (SSSR count). The maximum atomic E-state index is 3.91. The average Bonchev–Trinajstić information content (AvgIpc) is 2.73. The molecule has 4 atom stereocenters. The smallest absolute Gasteiger partial charge is 0.0213 e. The molecule has 0 heterocycles. The van der Waals surface area contributed by atoms with Crippen molar-refractivity contribution >= 4 is 0 Å². The Morgan fingerprint density at radius 2 is 1.93 bits per heavy atom. The van der Waals surface area contributed by atoms with Gasteiger partial charge in [0.25, 0.3) is 0 Å². The van der Waals surface area contributed by atoms with Crippen LogP contribution in [-0.4, -0.2) is 0 Å².